The third-order valence-corrected chi connectivity index (χ3v) is 3.09. The van der Waals surface area contributed by atoms with Crippen molar-refractivity contribution in [3.63, 3.8) is 0 Å². The van der Waals surface area contributed by atoms with E-state index in [9.17, 15) is 4.79 Å². The van der Waals surface area contributed by atoms with E-state index in [1.165, 1.54) is 12.3 Å². The number of carbonyl (C=O) groups is 1. The summed E-state index contributed by atoms with van der Waals surface area (Å²) in [6.07, 6.45) is 3.27. The first-order chi connectivity index (χ1) is 8.11. The van der Waals surface area contributed by atoms with Crippen LogP contribution in [0.4, 0.5) is 0 Å². The van der Waals surface area contributed by atoms with Crippen molar-refractivity contribution in [2.75, 3.05) is 0 Å². The van der Waals surface area contributed by atoms with E-state index < -0.39 is 11.9 Å². The van der Waals surface area contributed by atoms with E-state index in [0.29, 0.717) is 0 Å². The summed E-state index contributed by atoms with van der Waals surface area (Å²) < 4.78 is 0. The lowest BCUT2D eigenvalue weighted by molar-refractivity contribution is 0.0942. The molecule has 1 atom stereocenters. The van der Waals surface area contributed by atoms with Crippen LogP contribution in [0.15, 0.2) is 12.3 Å². The second-order valence-corrected chi connectivity index (χ2v) is 4.70. The molecule has 1 aromatic heterocycles. The molecule has 0 saturated heterocycles. The first-order valence-electron chi connectivity index (χ1n) is 5.13. The van der Waals surface area contributed by atoms with E-state index in [1.54, 1.807) is 0 Å². The van der Waals surface area contributed by atoms with Crippen LogP contribution in [0, 0.1) is 17.2 Å². The SMILES string of the molecule is N#CC(NC(=O)c1cc(Cl)ncc1Cl)C1CC1. The zero-order valence-corrected chi connectivity index (χ0v) is 10.3. The van der Waals surface area contributed by atoms with Crippen LogP contribution in [0.5, 0.6) is 0 Å². The van der Waals surface area contributed by atoms with Gasteiger partial charge >= 0.3 is 0 Å². The van der Waals surface area contributed by atoms with Crippen LogP contribution >= 0.6 is 23.2 Å². The van der Waals surface area contributed by atoms with Crippen molar-refractivity contribution < 1.29 is 4.79 Å². The third kappa shape index (κ3) is 2.87. The van der Waals surface area contributed by atoms with E-state index in [-0.39, 0.29) is 21.7 Å². The van der Waals surface area contributed by atoms with Crippen LogP contribution in [0.2, 0.25) is 10.2 Å². The van der Waals surface area contributed by atoms with Crippen molar-refractivity contribution >= 4 is 29.1 Å². The monoisotopic (exact) mass is 269 g/mol. The predicted molar refractivity (Wildman–Crippen MR) is 63.8 cm³/mol. The fourth-order valence-electron chi connectivity index (χ4n) is 1.49. The Morgan fingerprint density at radius 2 is 2.29 bits per heavy atom. The topological polar surface area (TPSA) is 65.8 Å². The van der Waals surface area contributed by atoms with E-state index in [2.05, 4.69) is 16.4 Å². The van der Waals surface area contributed by atoms with Gasteiger partial charge in [0.1, 0.15) is 11.2 Å². The van der Waals surface area contributed by atoms with E-state index in [4.69, 9.17) is 28.5 Å². The zero-order chi connectivity index (χ0) is 12.4. The standard InChI is InChI=1S/C11H9Cl2N3O/c12-8-5-15-10(13)3-7(8)11(17)16-9(4-14)6-1-2-6/h3,5-6,9H,1-2H2,(H,16,17). The largest absolute Gasteiger partial charge is 0.336 e. The van der Waals surface area contributed by atoms with Crippen molar-refractivity contribution in [1.29, 1.82) is 5.26 Å². The Bertz CT molecular complexity index is 494. The third-order valence-electron chi connectivity index (χ3n) is 2.59. The minimum atomic E-state index is -0.453. The summed E-state index contributed by atoms with van der Waals surface area (Å²) in [6.45, 7) is 0. The molecule has 1 amide bonds. The molecule has 0 radical (unpaired) electrons. The first kappa shape index (κ1) is 12.2. The van der Waals surface area contributed by atoms with Gasteiger partial charge in [0, 0.05) is 6.20 Å². The predicted octanol–water partition coefficient (Wildman–Crippen LogP) is 2.42. The Labute approximate surface area is 109 Å². The molecule has 1 fully saturated rings. The van der Waals surface area contributed by atoms with Gasteiger partial charge in [0.2, 0.25) is 0 Å². The molecular formula is C11H9Cl2N3O. The summed E-state index contributed by atoms with van der Waals surface area (Å²) in [5.41, 5.74) is 0.243. The highest BCUT2D eigenvalue weighted by Gasteiger charge is 2.32. The number of halogens is 2. The molecule has 1 heterocycles. The van der Waals surface area contributed by atoms with Crippen LogP contribution in [0.25, 0.3) is 0 Å². The fraction of sp³-hybridized carbons (Fsp3) is 0.364. The second kappa shape index (κ2) is 4.91. The van der Waals surface area contributed by atoms with Gasteiger partial charge in [-0.2, -0.15) is 5.26 Å². The van der Waals surface area contributed by atoms with Crippen LogP contribution in [0.3, 0.4) is 0 Å². The Kier molecular flexibility index (Phi) is 3.51. The van der Waals surface area contributed by atoms with Gasteiger partial charge in [-0.15, -0.1) is 0 Å². The van der Waals surface area contributed by atoms with Crippen LogP contribution in [-0.4, -0.2) is 16.9 Å². The number of carbonyl (C=O) groups excluding carboxylic acids is 1. The lowest BCUT2D eigenvalue weighted by atomic mass is 10.2. The summed E-state index contributed by atoms with van der Waals surface area (Å²) in [5, 5.41) is 12.0. The highest BCUT2D eigenvalue weighted by atomic mass is 35.5. The minimum absolute atomic E-state index is 0.194. The van der Waals surface area contributed by atoms with Gasteiger partial charge in [-0.05, 0) is 24.8 Å². The van der Waals surface area contributed by atoms with Gasteiger partial charge < -0.3 is 5.32 Å². The van der Waals surface area contributed by atoms with Gasteiger partial charge in [0.05, 0.1) is 16.7 Å². The number of hydrogen-bond acceptors (Lipinski definition) is 3. The molecule has 1 saturated carbocycles. The van der Waals surface area contributed by atoms with Gasteiger partial charge in [-0.3, -0.25) is 4.79 Å². The van der Waals surface area contributed by atoms with Crippen molar-refractivity contribution in [2.24, 2.45) is 5.92 Å². The molecule has 1 aliphatic carbocycles. The lowest BCUT2D eigenvalue weighted by Gasteiger charge is -2.11. The number of pyridine rings is 1. The van der Waals surface area contributed by atoms with Gasteiger partial charge in [0.25, 0.3) is 5.91 Å². The van der Waals surface area contributed by atoms with Crippen LogP contribution < -0.4 is 5.32 Å². The summed E-state index contributed by atoms with van der Waals surface area (Å²) in [6, 6.07) is 3.01. The number of nitriles is 1. The smallest absolute Gasteiger partial charge is 0.254 e. The molecule has 0 aromatic carbocycles. The van der Waals surface area contributed by atoms with E-state index >= 15 is 0 Å². The molecule has 0 aliphatic heterocycles. The molecule has 1 N–H and O–H groups in total. The Hall–Kier alpha value is -1.31. The van der Waals surface area contributed by atoms with Crippen molar-refractivity contribution in [3.05, 3.63) is 28.0 Å². The van der Waals surface area contributed by atoms with E-state index in [0.717, 1.165) is 12.8 Å². The highest BCUT2D eigenvalue weighted by molar-refractivity contribution is 6.35. The maximum absolute atomic E-state index is 11.9. The maximum Gasteiger partial charge on any atom is 0.254 e. The molecule has 0 bridgehead atoms. The Morgan fingerprint density at radius 3 is 2.88 bits per heavy atom. The highest BCUT2D eigenvalue weighted by Crippen LogP contribution is 2.32. The molecule has 88 valence electrons. The summed E-state index contributed by atoms with van der Waals surface area (Å²) >= 11 is 11.5. The van der Waals surface area contributed by atoms with Crippen molar-refractivity contribution in [3.8, 4) is 6.07 Å². The lowest BCUT2D eigenvalue weighted by Crippen LogP contribution is -2.35. The Balaban J connectivity index is 2.13. The molecule has 4 nitrogen and oxygen atoms in total. The summed E-state index contributed by atoms with van der Waals surface area (Å²) in [7, 11) is 0. The number of aromatic nitrogens is 1. The minimum Gasteiger partial charge on any atom is -0.336 e. The summed E-state index contributed by atoms with van der Waals surface area (Å²) in [5.74, 6) is -0.127. The maximum atomic E-state index is 11.9. The van der Waals surface area contributed by atoms with E-state index in [1.807, 2.05) is 0 Å². The molecule has 6 heteroatoms. The number of rotatable bonds is 3. The molecule has 1 aromatic rings. The number of nitrogens with one attached hydrogen (secondary N) is 1. The average Bonchev–Trinajstić information content (AvgIpc) is 3.13. The Morgan fingerprint density at radius 1 is 1.59 bits per heavy atom. The first-order valence-corrected chi connectivity index (χ1v) is 5.89. The number of nitrogens with zero attached hydrogens (tertiary/aromatic N) is 2. The van der Waals surface area contributed by atoms with Gasteiger partial charge in [0.15, 0.2) is 0 Å². The summed E-state index contributed by atoms with van der Waals surface area (Å²) in [4.78, 5) is 15.6. The zero-order valence-electron chi connectivity index (χ0n) is 8.78. The number of amides is 1. The van der Waals surface area contributed by atoms with Crippen molar-refractivity contribution in [2.45, 2.75) is 18.9 Å². The van der Waals surface area contributed by atoms with Crippen LogP contribution in [-0.2, 0) is 0 Å². The molecule has 2 rings (SSSR count). The molecule has 0 spiro atoms. The van der Waals surface area contributed by atoms with Gasteiger partial charge in [-0.1, -0.05) is 23.2 Å². The normalized spacial score (nSPS) is 16.1. The molecule has 17 heavy (non-hydrogen) atoms. The quantitative estimate of drug-likeness (QED) is 0.858. The molecule has 1 unspecified atom stereocenters. The van der Waals surface area contributed by atoms with Crippen molar-refractivity contribution in [1.82, 2.24) is 10.3 Å². The second-order valence-electron chi connectivity index (χ2n) is 3.90. The number of hydrogen-bond donors (Lipinski definition) is 1. The molecule has 1 aliphatic rings. The molecular weight excluding hydrogens is 261 g/mol. The van der Waals surface area contributed by atoms with Crippen LogP contribution in [0.1, 0.15) is 23.2 Å². The van der Waals surface area contributed by atoms with Gasteiger partial charge in [-0.25, -0.2) is 4.98 Å². The fourth-order valence-corrected chi connectivity index (χ4v) is 1.84. The average molecular weight is 270 g/mol.